The molecule has 0 aliphatic heterocycles. The first-order chi connectivity index (χ1) is 9.22. The van der Waals surface area contributed by atoms with Gasteiger partial charge in [-0.15, -0.1) is 0 Å². The Morgan fingerprint density at radius 2 is 1.89 bits per heavy atom. The highest BCUT2D eigenvalue weighted by Crippen LogP contribution is 2.26. The summed E-state index contributed by atoms with van der Waals surface area (Å²) in [5.74, 6) is 0.887. The van der Waals surface area contributed by atoms with E-state index in [-0.39, 0.29) is 5.88 Å². The van der Waals surface area contributed by atoms with Crippen LogP contribution in [0.15, 0.2) is 53.3 Å². The second-order valence-electron chi connectivity index (χ2n) is 3.95. The average Bonchev–Trinajstić information content (AvgIpc) is 2.39. The van der Waals surface area contributed by atoms with Gasteiger partial charge in [0, 0.05) is 5.02 Å². The van der Waals surface area contributed by atoms with Gasteiger partial charge in [-0.2, -0.15) is 4.98 Å². The Hall–Kier alpha value is -2.33. The molecule has 3 rings (SSSR count). The summed E-state index contributed by atoms with van der Waals surface area (Å²) in [5.41, 5.74) is 0.124. The van der Waals surface area contributed by atoms with Gasteiger partial charge in [0.2, 0.25) is 5.88 Å². The molecule has 3 aromatic rings. The van der Waals surface area contributed by atoms with Crippen molar-refractivity contribution in [1.29, 1.82) is 0 Å². The molecule has 1 aromatic heterocycles. The van der Waals surface area contributed by atoms with Gasteiger partial charge in [-0.05, 0) is 30.3 Å². The van der Waals surface area contributed by atoms with Crippen molar-refractivity contribution in [2.24, 2.45) is 0 Å². The molecule has 94 valence electrons. The summed E-state index contributed by atoms with van der Waals surface area (Å²) in [6.07, 6.45) is 0. The van der Waals surface area contributed by atoms with Gasteiger partial charge in [-0.25, -0.2) is 4.79 Å². The first-order valence-electron chi connectivity index (χ1n) is 5.65. The molecule has 0 saturated heterocycles. The normalized spacial score (nSPS) is 10.6. The van der Waals surface area contributed by atoms with Crippen LogP contribution in [0.1, 0.15) is 0 Å². The van der Waals surface area contributed by atoms with Gasteiger partial charge in [-0.1, -0.05) is 29.8 Å². The van der Waals surface area contributed by atoms with Crippen molar-refractivity contribution in [3.05, 3.63) is 64.0 Å². The Labute approximate surface area is 113 Å². The van der Waals surface area contributed by atoms with E-state index in [1.165, 1.54) is 0 Å². The highest BCUT2D eigenvalue weighted by Gasteiger charge is 2.07. The molecular formula is C14H9ClN2O2. The molecule has 0 spiro atoms. The van der Waals surface area contributed by atoms with E-state index < -0.39 is 5.69 Å². The van der Waals surface area contributed by atoms with E-state index >= 15 is 0 Å². The number of H-pyrrole nitrogens is 1. The zero-order valence-electron chi connectivity index (χ0n) is 9.76. The third-order valence-electron chi connectivity index (χ3n) is 2.61. The number of fused-ring (bicyclic) bond motifs is 1. The van der Waals surface area contributed by atoms with Gasteiger partial charge in [0.15, 0.2) is 0 Å². The van der Waals surface area contributed by atoms with Crippen molar-refractivity contribution in [3.63, 3.8) is 0 Å². The van der Waals surface area contributed by atoms with Crippen molar-refractivity contribution in [2.75, 3.05) is 0 Å². The molecule has 5 heteroatoms. The summed E-state index contributed by atoms with van der Waals surface area (Å²) in [4.78, 5) is 18.0. The van der Waals surface area contributed by atoms with E-state index in [4.69, 9.17) is 16.3 Å². The second kappa shape index (κ2) is 4.74. The molecular weight excluding hydrogens is 264 g/mol. The fourth-order valence-electron chi connectivity index (χ4n) is 1.78. The molecule has 2 aromatic carbocycles. The minimum atomic E-state index is -0.472. The Balaban J connectivity index is 2.15. The number of hydrogen-bond acceptors (Lipinski definition) is 3. The first-order valence-corrected chi connectivity index (χ1v) is 6.03. The maximum absolute atomic E-state index is 11.5. The number of benzene rings is 2. The van der Waals surface area contributed by atoms with Crippen LogP contribution in [0.25, 0.3) is 10.9 Å². The third-order valence-corrected chi connectivity index (χ3v) is 2.85. The topological polar surface area (TPSA) is 55.0 Å². The fraction of sp³-hybridized carbons (Fsp3) is 0. The lowest BCUT2D eigenvalue weighted by atomic mass is 10.2. The molecule has 0 unspecified atom stereocenters. The lowest BCUT2D eigenvalue weighted by Gasteiger charge is -2.07. The third kappa shape index (κ3) is 2.44. The van der Waals surface area contributed by atoms with Crippen LogP contribution in [0.2, 0.25) is 5.02 Å². The average molecular weight is 273 g/mol. The van der Waals surface area contributed by atoms with Crippen LogP contribution in [0.3, 0.4) is 0 Å². The van der Waals surface area contributed by atoms with Crippen LogP contribution in [0.5, 0.6) is 11.6 Å². The Morgan fingerprint density at radius 3 is 2.68 bits per heavy atom. The van der Waals surface area contributed by atoms with Crippen molar-refractivity contribution in [3.8, 4) is 11.6 Å². The molecule has 4 nitrogen and oxygen atoms in total. The van der Waals surface area contributed by atoms with Gasteiger partial charge in [0.05, 0.1) is 10.9 Å². The maximum atomic E-state index is 11.5. The molecule has 0 aliphatic rings. The molecule has 0 amide bonds. The van der Waals surface area contributed by atoms with Crippen molar-refractivity contribution in [2.45, 2.75) is 0 Å². The second-order valence-corrected chi connectivity index (χ2v) is 4.39. The Bertz CT molecular complexity index is 784. The van der Waals surface area contributed by atoms with E-state index in [1.807, 2.05) is 18.2 Å². The largest absolute Gasteiger partial charge is 0.438 e. The highest BCUT2D eigenvalue weighted by molar-refractivity contribution is 6.31. The quantitative estimate of drug-likeness (QED) is 0.778. The monoisotopic (exact) mass is 272 g/mol. The Kier molecular flexibility index (Phi) is 2.93. The smallest absolute Gasteiger partial charge is 0.348 e. The van der Waals surface area contributed by atoms with E-state index in [9.17, 15) is 4.79 Å². The zero-order chi connectivity index (χ0) is 13.2. The molecule has 0 aliphatic carbocycles. The zero-order valence-corrected chi connectivity index (χ0v) is 10.5. The van der Waals surface area contributed by atoms with E-state index in [0.717, 1.165) is 0 Å². The summed E-state index contributed by atoms with van der Waals surface area (Å²) < 4.78 is 5.64. The number of nitrogens with one attached hydrogen (secondary N) is 1. The first kappa shape index (κ1) is 11.7. The van der Waals surface area contributed by atoms with E-state index in [0.29, 0.717) is 21.7 Å². The molecule has 0 saturated carbocycles. The number of hydrogen-bond donors (Lipinski definition) is 1. The predicted molar refractivity (Wildman–Crippen MR) is 73.9 cm³/mol. The summed E-state index contributed by atoms with van der Waals surface area (Å²) in [6, 6.07) is 14.3. The number of aromatic nitrogens is 2. The molecule has 19 heavy (non-hydrogen) atoms. The van der Waals surface area contributed by atoms with Crippen LogP contribution in [0, 0.1) is 0 Å². The number of aromatic amines is 1. The van der Waals surface area contributed by atoms with Crippen molar-refractivity contribution < 1.29 is 4.74 Å². The van der Waals surface area contributed by atoms with E-state index in [2.05, 4.69) is 9.97 Å². The van der Waals surface area contributed by atoms with Crippen molar-refractivity contribution >= 4 is 22.5 Å². The summed E-state index contributed by atoms with van der Waals surface area (Å²) >= 11 is 5.90. The lowest BCUT2D eigenvalue weighted by Crippen LogP contribution is -2.11. The number of nitrogens with zero attached hydrogens (tertiary/aromatic N) is 1. The standard InChI is InChI=1S/C14H9ClN2O2/c15-9-6-7-11-12(8-9)16-14(18)17-13(11)19-10-4-2-1-3-5-10/h1-8H,(H,16,17,18). The van der Waals surface area contributed by atoms with Gasteiger partial charge in [-0.3, -0.25) is 0 Å². The minimum Gasteiger partial charge on any atom is -0.438 e. The predicted octanol–water partition coefficient (Wildman–Crippen LogP) is 3.37. The number of para-hydroxylation sites is 1. The maximum Gasteiger partial charge on any atom is 0.348 e. The van der Waals surface area contributed by atoms with Gasteiger partial charge in [0.25, 0.3) is 0 Å². The molecule has 0 fully saturated rings. The highest BCUT2D eigenvalue weighted by atomic mass is 35.5. The van der Waals surface area contributed by atoms with Crippen LogP contribution in [0.4, 0.5) is 0 Å². The fourth-order valence-corrected chi connectivity index (χ4v) is 1.95. The van der Waals surface area contributed by atoms with Crippen LogP contribution < -0.4 is 10.4 Å². The summed E-state index contributed by atoms with van der Waals surface area (Å²) in [6.45, 7) is 0. The van der Waals surface area contributed by atoms with Crippen LogP contribution in [-0.2, 0) is 0 Å². The van der Waals surface area contributed by atoms with E-state index in [1.54, 1.807) is 30.3 Å². The van der Waals surface area contributed by atoms with Crippen LogP contribution >= 0.6 is 11.6 Å². The minimum absolute atomic E-state index is 0.265. The Morgan fingerprint density at radius 1 is 1.11 bits per heavy atom. The molecule has 1 heterocycles. The molecule has 0 atom stereocenters. The van der Waals surface area contributed by atoms with Crippen LogP contribution in [-0.4, -0.2) is 9.97 Å². The molecule has 1 N–H and O–H groups in total. The van der Waals surface area contributed by atoms with Gasteiger partial charge in [0.1, 0.15) is 5.75 Å². The number of rotatable bonds is 2. The summed E-state index contributed by atoms with van der Waals surface area (Å²) in [7, 11) is 0. The molecule has 0 bridgehead atoms. The van der Waals surface area contributed by atoms with Gasteiger partial charge < -0.3 is 9.72 Å². The lowest BCUT2D eigenvalue weighted by molar-refractivity contribution is 0.466. The van der Waals surface area contributed by atoms with Gasteiger partial charge >= 0.3 is 5.69 Å². The SMILES string of the molecule is O=c1nc(Oc2ccccc2)c2ccc(Cl)cc2[nH]1. The summed E-state index contributed by atoms with van der Waals surface area (Å²) in [5, 5.41) is 1.24. The molecule has 0 radical (unpaired) electrons. The number of halogens is 1. The number of ether oxygens (including phenoxy) is 1. The van der Waals surface area contributed by atoms with Crippen molar-refractivity contribution in [1.82, 2.24) is 9.97 Å².